The lowest BCUT2D eigenvalue weighted by molar-refractivity contribution is -0.118. The molecule has 10 heavy (non-hydrogen) atoms. The van der Waals surface area contributed by atoms with Crippen molar-refractivity contribution in [2.75, 3.05) is 0 Å². The van der Waals surface area contributed by atoms with E-state index in [2.05, 4.69) is 0 Å². The summed E-state index contributed by atoms with van der Waals surface area (Å²) in [6.07, 6.45) is 1.66. The third-order valence-corrected chi connectivity index (χ3v) is 1.30. The van der Waals surface area contributed by atoms with Crippen LogP contribution in [0.1, 0.15) is 26.2 Å². The lowest BCUT2D eigenvalue weighted by atomic mass is 10.0. The van der Waals surface area contributed by atoms with Crippen molar-refractivity contribution in [2.24, 2.45) is 11.7 Å². The van der Waals surface area contributed by atoms with Gasteiger partial charge in [0.25, 0.3) is 0 Å². The molecule has 0 aliphatic rings. The standard InChI is InChI=1S/C7H12N2O/c1-6(3-2-4-8)5-7(9)10/h6H,2-3,5H2,1H3,(H2,9,10). The maximum Gasteiger partial charge on any atom is 0.217 e. The fraction of sp³-hybridized carbons (Fsp3) is 0.714. The van der Waals surface area contributed by atoms with Gasteiger partial charge in [-0.25, -0.2) is 0 Å². The van der Waals surface area contributed by atoms with Gasteiger partial charge in [-0.05, 0) is 12.3 Å². The van der Waals surface area contributed by atoms with Crippen molar-refractivity contribution in [3.8, 4) is 6.07 Å². The lowest BCUT2D eigenvalue weighted by Crippen LogP contribution is -2.14. The number of nitriles is 1. The van der Waals surface area contributed by atoms with Crippen LogP contribution in [0.3, 0.4) is 0 Å². The number of carbonyl (C=O) groups is 1. The van der Waals surface area contributed by atoms with E-state index in [1.54, 1.807) is 0 Å². The van der Waals surface area contributed by atoms with E-state index in [1.807, 2.05) is 13.0 Å². The van der Waals surface area contributed by atoms with Crippen molar-refractivity contribution >= 4 is 5.91 Å². The Labute approximate surface area is 60.8 Å². The Morgan fingerprint density at radius 1 is 1.80 bits per heavy atom. The molecule has 0 aromatic heterocycles. The molecule has 1 amide bonds. The van der Waals surface area contributed by atoms with Gasteiger partial charge < -0.3 is 5.73 Å². The summed E-state index contributed by atoms with van der Waals surface area (Å²) in [7, 11) is 0. The lowest BCUT2D eigenvalue weighted by Gasteiger charge is -2.03. The number of amides is 1. The van der Waals surface area contributed by atoms with Crippen molar-refractivity contribution in [3.05, 3.63) is 0 Å². The number of hydrogen-bond acceptors (Lipinski definition) is 2. The molecule has 0 aromatic rings. The predicted molar refractivity (Wildman–Crippen MR) is 37.8 cm³/mol. The Kier molecular flexibility index (Phi) is 4.30. The minimum Gasteiger partial charge on any atom is -0.370 e. The summed E-state index contributed by atoms with van der Waals surface area (Å²) < 4.78 is 0. The molecular weight excluding hydrogens is 128 g/mol. The molecule has 1 atom stereocenters. The van der Waals surface area contributed by atoms with Crippen molar-refractivity contribution in [1.82, 2.24) is 0 Å². The summed E-state index contributed by atoms with van der Waals surface area (Å²) >= 11 is 0. The molecule has 0 spiro atoms. The Balaban J connectivity index is 3.36. The normalized spacial score (nSPS) is 12.0. The van der Waals surface area contributed by atoms with Gasteiger partial charge in [-0.2, -0.15) is 5.26 Å². The maximum atomic E-state index is 10.3. The average Bonchev–Trinajstić information content (AvgIpc) is 1.82. The number of rotatable bonds is 4. The van der Waals surface area contributed by atoms with Crippen LogP contribution in [0, 0.1) is 17.2 Å². The van der Waals surface area contributed by atoms with Gasteiger partial charge in [0.15, 0.2) is 0 Å². The van der Waals surface area contributed by atoms with Gasteiger partial charge in [0.1, 0.15) is 0 Å². The van der Waals surface area contributed by atoms with Gasteiger partial charge in [0.05, 0.1) is 6.07 Å². The first-order valence-corrected chi connectivity index (χ1v) is 3.32. The Hall–Kier alpha value is -1.04. The summed E-state index contributed by atoms with van der Waals surface area (Å²) in [5, 5.41) is 8.18. The summed E-state index contributed by atoms with van der Waals surface area (Å²) in [5.74, 6) is -0.0393. The van der Waals surface area contributed by atoms with Crippen molar-refractivity contribution in [2.45, 2.75) is 26.2 Å². The van der Waals surface area contributed by atoms with Gasteiger partial charge in [-0.15, -0.1) is 0 Å². The molecule has 0 saturated heterocycles. The molecule has 56 valence electrons. The van der Waals surface area contributed by atoms with Crippen molar-refractivity contribution < 1.29 is 4.79 Å². The highest BCUT2D eigenvalue weighted by molar-refractivity contribution is 5.73. The van der Waals surface area contributed by atoms with Crippen LogP contribution in [0.25, 0.3) is 0 Å². The molecule has 1 unspecified atom stereocenters. The summed E-state index contributed by atoms with van der Waals surface area (Å²) in [4.78, 5) is 10.3. The van der Waals surface area contributed by atoms with E-state index in [0.717, 1.165) is 6.42 Å². The van der Waals surface area contributed by atoms with Gasteiger partial charge in [-0.3, -0.25) is 4.79 Å². The van der Waals surface area contributed by atoms with E-state index in [4.69, 9.17) is 11.0 Å². The molecule has 0 heterocycles. The van der Waals surface area contributed by atoms with Gasteiger partial charge in [0, 0.05) is 12.8 Å². The number of primary amides is 1. The monoisotopic (exact) mass is 140 g/mol. The second-order valence-electron chi connectivity index (χ2n) is 2.47. The summed E-state index contributed by atoms with van der Waals surface area (Å²) in [5.41, 5.74) is 4.94. The summed E-state index contributed by atoms with van der Waals surface area (Å²) in [6, 6.07) is 2.02. The fourth-order valence-corrected chi connectivity index (χ4v) is 0.756. The van der Waals surface area contributed by atoms with Crippen LogP contribution < -0.4 is 5.73 Å². The Bertz CT molecular complexity index is 148. The highest BCUT2D eigenvalue weighted by Crippen LogP contribution is 2.08. The van der Waals surface area contributed by atoms with Gasteiger partial charge in [0.2, 0.25) is 5.91 Å². The van der Waals surface area contributed by atoms with Crippen LogP contribution in [0.4, 0.5) is 0 Å². The zero-order valence-corrected chi connectivity index (χ0v) is 6.13. The average molecular weight is 140 g/mol. The number of hydrogen-bond donors (Lipinski definition) is 1. The van der Waals surface area contributed by atoms with Crippen LogP contribution in [0.15, 0.2) is 0 Å². The molecule has 3 nitrogen and oxygen atoms in total. The largest absolute Gasteiger partial charge is 0.370 e. The van der Waals surface area contributed by atoms with E-state index in [9.17, 15) is 4.79 Å². The molecule has 0 saturated carbocycles. The Morgan fingerprint density at radius 3 is 2.80 bits per heavy atom. The second-order valence-corrected chi connectivity index (χ2v) is 2.47. The van der Waals surface area contributed by atoms with Crippen LogP contribution in [-0.4, -0.2) is 5.91 Å². The first kappa shape index (κ1) is 8.96. The van der Waals surface area contributed by atoms with Crippen molar-refractivity contribution in [3.63, 3.8) is 0 Å². The highest BCUT2D eigenvalue weighted by Gasteiger charge is 2.04. The molecule has 0 bridgehead atoms. The topological polar surface area (TPSA) is 66.9 Å². The third-order valence-electron chi connectivity index (χ3n) is 1.30. The smallest absolute Gasteiger partial charge is 0.217 e. The number of nitrogens with two attached hydrogens (primary N) is 1. The highest BCUT2D eigenvalue weighted by atomic mass is 16.1. The third kappa shape index (κ3) is 5.10. The fourth-order valence-electron chi connectivity index (χ4n) is 0.756. The summed E-state index contributed by atoms with van der Waals surface area (Å²) in [6.45, 7) is 1.92. The van der Waals surface area contributed by atoms with Crippen LogP contribution in [0.5, 0.6) is 0 Å². The first-order chi connectivity index (χ1) is 4.66. The van der Waals surface area contributed by atoms with Gasteiger partial charge >= 0.3 is 0 Å². The van der Waals surface area contributed by atoms with Crippen molar-refractivity contribution in [1.29, 1.82) is 5.26 Å². The van der Waals surface area contributed by atoms with Crippen LogP contribution in [0.2, 0.25) is 0 Å². The van der Waals surface area contributed by atoms with Gasteiger partial charge in [-0.1, -0.05) is 6.92 Å². The second kappa shape index (κ2) is 4.80. The number of carbonyl (C=O) groups excluding carboxylic acids is 1. The van der Waals surface area contributed by atoms with E-state index in [0.29, 0.717) is 12.8 Å². The number of nitrogens with zero attached hydrogens (tertiary/aromatic N) is 1. The molecule has 0 aliphatic carbocycles. The first-order valence-electron chi connectivity index (χ1n) is 3.32. The molecule has 0 fully saturated rings. The SMILES string of the molecule is CC(CCC#N)CC(N)=O. The molecule has 0 aromatic carbocycles. The van der Waals surface area contributed by atoms with E-state index >= 15 is 0 Å². The zero-order chi connectivity index (χ0) is 7.98. The van der Waals surface area contributed by atoms with E-state index in [-0.39, 0.29) is 11.8 Å². The minimum absolute atomic E-state index is 0.247. The molecule has 0 aliphatic heterocycles. The molecule has 3 heteroatoms. The van der Waals surface area contributed by atoms with Crippen LogP contribution in [-0.2, 0) is 4.79 Å². The quantitative estimate of drug-likeness (QED) is 0.627. The van der Waals surface area contributed by atoms with E-state index in [1.165, 1.54) is 0 Å². The molecule has 0 radical (unpaired) electrons. The van der Waals surface area contributed by atoms with E-state index < -0.39 is 0 Å². The molecular formula is C7H12N2O. The maximum absolute atomic E-state index is 10.3. The van der Waals surface area contributed by atoms with Crippen LogP contribution >= 0.6 is 0 Å². The molecule has 0 rings (SSSR count). The minimum atomic E-state index is -0.287. The Morgan fingerprint density at radius 2 is 2.40 bits per heavy atom. The predicted octanol–water partition coefficient (Wildman–Crippen LogP) is 0.802. The molecule has 2 N–H and O–H groups in total. The zero-order valence-electron chi connectivity index (χ0n) is 6.13.